The lowest BCUT2D eigenvalue weighted by Crippen LogP contribution is -2.39. The predicted molar refractivity (Wildman–Crippen MR) is 79.5 cm³/mol. The van der Waals surface area contributed by atoms with Crippen molar-refractivity contribution in [3.8, 4) is 5.75 Å². The highest BCUT2D eigenvalue weighted by Gasteiger charge is 2.62. The molecule has 2 N–H and O–H groups in total. The first-order chi connectivity index (χ1) is 8.86. The first-order valence-corrected chi connectivity index (χ1v) is 7.45. The molecule has 2 bridgehead atoms. The molecule has 2 aliphatic carbocycles. The molecule has 3 unspecified atom stereocenters. The molecule has 1 aromatic carbocycles. The van der Waals surface area contributed by atoms with E-state index in [1.54, 1.807) is 0 Å². The molecule has 0 aliphatic heterocycles. The van der Waals surface area contributed by atoms with Crippen molar-refractivity contribution in [2.24, 2.45) is 16.7 Å². The summed E-state index contributed by atoms with van der Waals surface area (Å²) in [5.41, 5.74) is 7.20. The monoisotopic (exact) mass is 279 g/mol. The van der Waals surface area contributed by atoms with E-state index in [0.29, 0.717) is 21.9 Å². The zero-order chi connectivity index (χ0) is 13.8. The van der Waals surface area contributed by atoms with Crippen molar-refractivity contribution in [1.29, 1.82) is 0 Å². The van der Waals surface area contributed by atoms with Gasteiger partial charge in [-0.15, -0.1) is 0 Å². The lowest BCUT2D eigenvalue weighted by Gasteiger charge is -2.39. The van der Waals surface area contributed by atoms with E-state index in [2.05, 4.69) is 20.8 Å². The van der Waals surface area contributed by atoms with Crippen LogP contribution in [0.15, 0.2) is 18.2 Å². The molecule has 3 heteroatoms. The van der Waals surface area contributed by atoms with Gasteiger partial charge in [-0.1, -0.05) is 38.4 Å². The number of nitrogens with two attached hydrogens (primary N) is 1. The van der Waals surface area contributed by atoms with Gasteiger partial charge in [0.05, 0.1) is 10.7 Å². The van der Waals surface area contributed by atoms with E-state index < -0.39 is 0 Å². The second kappa shape index (κ2) is 4.05. The fourth-order valence-electron chi connectivity index (χ4n) is 4.10. The molecule has 2 nitrogen and oxygen atoms in total. The molecule has 0 saturated heterocycles. The van der Waals surface area contributed by atoms with Gasteiger partial charge >= 0.3 is 0 Å². The molecular weight excluding hydrogens is 258 g/mol. The number of rotatable bonds is 2. The van der Waals surface area contributed by atoms with E-state index in [1.807, 2.05) is 18.2 Å². The van der Waals surface area contributed by atoms with Gasteiger partial charge in [0.1, 0.15) is 6.10 Å². The van der Waals surface area contributed by atoms with Crippen molar-refractivity contribution < 1.29 is 4.74 Å². The molecule has 3 rings (SSSR count). The van der Waals surface area contributed by atoms with Gasteiger partial charge in [0, 0.05) is 5.41 Å². The minimum absolute atomic E-state index is 0.225. The van der Waals surface area contributed by atoms with Crippen molar-refractivity contribution in [1.82, 2.24) is 0 Å². The van der Waals surface area contributed by atoms with Crippen molar-refractivity contribution in [2.75, 3.05) is 5.73 Å². The van der Waals surface area contributed by atoms with Crippen LogP contribution in [0.4, 0.5) is 5.69 Å². The fourth-order valence-corrected chi connectivity index (χ4v) is 4.33. The first kappa shape index (κ1) is 13.1. The van der Waals surface area contributed by atoms with Crippen LogP contribution in [0, 0.1) is 16.7 Å². The number of hydrogen-bond donors (Lipinski definition) is 1. The Bertz CT molecular complexity index is 493. The van der Waals surface area contributed by atoms with Gasteiger partial charge in [-0.05, 0) is 42.7 Å². The van der Waals surface area contributed by atoms with Gasteiger partial charge < -0.3 is 10.5 Å². The number of nitrogen functional groups attached to an aromatic ring is 1. The summed E-state index contributed by atoms with van der Waals surface area (Å²) in [4.78, 5) is 0. The molecule has 19 heavy (non-hydrogen) atoms. The highest BCUT2D eigenvalue weighted by molar-refractivity contribution is 6.32. The summed E-state index contributed by atoms with van der Waals surface area (Å²) >= 11 is 6.22. The summed E-state index contributed by atoms with van der Waals surface area (Å²) in [6, 6.07) is 5.55. The molecule has 3 atom stereocenters. The summed E-state index contributed by atoms with van der Waals surface area (Å²) in [5.74, 6) is 1.42. The van der Waals surface area contributed by atoms with Crippen LogP contribution in [0.3, 0.4) is 0 Å². The molecule has 104 valence electrons. The average Bonchev–Trinajstić information content (AvgIpc) is 2.67. The van der Waals surface area contributed by atoms with Gasteiger partial charge in [-0.3, -0.25) is 0 Å². The zero-order valence-electron chi connectivity index (χ0n) is 11.9. The number of halogens is 1. The van der Waals surface area contributed by atoms with E-state index in [4.69, 9.17) is 22.1 Å². The van der Waals surface area contributed by atoms with Gasteiger partial charge in [-0.2, -0.15) is 0 Å². The lowest BCUT2D eigenvalue weighted by atomic mass is 9.70. The third-order valence-corrected chi connectivity index (χ3v) is 6.27. The summed E-state index contributed by atoms with van der Waals surface area (Å²) in [6.07, 6.45) is 3.90. The summed E-state index contributed by atoms with van der Waals surface area (Å²) in [6.45, 7) is 7.12. The van der Waals surface area contributed by atoms with E-state index in [-0.39, 0.29) is 11.5 Å². The van der Waals surface area contributed by atoms with Crippen LogP contribution in [0.2, 0.25) is 5.02 Å². The Kier molecular flexibility index (Phi) is 2.79. The van der Waals surface area contributed by atoms with Gasteiger partial charge in [-0.25, -0.2) is 0 Å². The summed E-state index contributed by atoms with van der Waals surface area (Å²) < 4.78 is 6.25. The van der Waals surface area contributed by atoms with E-state index in [1.165, 1.54) is 12.8 Å². The highest BCUT2D eigenvalue weighted by atomic mass is 35.5. The van der Waals surface area contributed by atoms with Crippen LogP contribution >= 0.6 is 11.6 Å². The van der Waals surface area contributed by atoms with Gasteiger partial charge in [0.15, 0.2) is 5.75 Å². The summed E-state index contributed by atoms with van der Waals surface area (Å²) in [7, 11) is 0. The van der Waals surface area contributed by atoms with Gasteiger partial charge in [0.25, 0.3) is 0 Å². The Morgan fingerprint density at radius 1 is 1.32 bits per heavy atom. The molecule has 0 heterocycles. The van der Waals surface area contributed by atoms with Crippen LogP contribution in [-0.2, 0) is 0 Å². The molecule has 0 amide bonds. The minimum Gasteiger partial charge on any atom is -0.486 e. The maximum Gasteiger partial charge on any atom is 0.161 e. The third kappa shape index (κ3) is 1.69. The number of hydrogen-bond acceptors (Lipinski definition) is 2. The smallest absolute Gasteiger partial charge is 0.161 e. The number of para-hydroxylation sites is 1. The molecule has 2 saturated carbocycles. The highest BCUT2D eigenvalue weighted by Crippen LogP contribution is 2.66. The van der Waals surface area contributed by atoms with Crippen molar-refractivity contribution >= 4 is 17.3 Å². The summed E-state index contributed by atoms with van der Waals surface area (Å²) in [5, 5.41) is 0.615. The molecule has 2 fully saturated rings. The van der Waals surface area contributed by atoms with E-state index in [0.717, 1.165) is 12.3 Å². The van der Waals surface area contributed by atoms with Crippen molar-refractivity contribution in [2.45, 2.75) is 46.1 Å². The van der Waals surface area contributed by atoms with Crippen molar-refractivity contribution in [3.63, 3.8) is 0 Å². The van der Waals surface area contributed by atoms with Crippen molar-refractivity contribution in [3.05, 3.63) is 23.2 Å². The van der Waals surface area contributed by atoms with Crippen LogP contribution < -0.4 is 10.5 Å². The first-order valence-electron chi connectivity index (χ1n) is 7.07. The predicted octanol–water partition coefficient (Wildman–Crippen LogP) is 4.52. The van der Waals surface area contributed by atoms with E-state index in [9.17, 15) is 0 Å². The number of ether oxygens (including phenoxy) is 1. The Hall–Kier alpha value is -0.890. The number of fused-ring (bicyclic) bond motifs is 2. The maximum absolute atomic E-state index is 6.25. The van der Waals surface area contributed by atoms with Crippen LogP contribution in [0.5, 0.6) is 5.75 Å². The number of benzene rings is 1. The molecule has 0 spiro atoms. The fraction of sp³-hybridized carbons (Fsp3) is 0.625. The van der Waals surface area contributed by atoms with Crippen LogP contribution in [0.25, 0.3) is 0 Å². The molecule has 2 aliphatic rings. The van der Waals surface area contributed by atoms with E-state index >= 15 is 0 Å². The minimum atomic E-state index is 0.225. The third-order valence-electron chi connectivity index (χ3n) is 5.97. The second-order valence-corrected chi connectivity index (χ2v) is 7.28. The average molecular weight is 280 g/mol. The van der Waals surface area contributed by atoms with Gasteiger partial charge in [0.2, 0.25) is 0 Å². The molecule has 0 aromatic heterocycles. The Morgan fingerprint density at radius 2 is 2.05 bits per heavy atom. The molecule has 0 radical (unpaired) electrons. The number of anilines is 1. The van der Waals surface area contributed by atoms with Crippen LogP contribution in [-0.4, -0.2) is 6.10 Å². The van der Waals surface area contributed by atoms with Crippen LogP contribution in [0.1, 0.15) is 40.0 Å². The maximum atomic E-state index is 6.25. The normalized spacial score (nSPS) is 35.6. The standard InChI is InChI=1S/C16H22ClNO/c1-15(2)10-7-8-16(15,3)13(9-10)19-14-11(17)5-4-6-12(14)18/h4-6,10,13H,7-9,18H2,1-3H3. The second-order valence-electron chi connectivity index (χ2n) is 6.88. The molecular formula is C16H22ClNO. The quantitative estimate of drug-likeness (QED) is 0.808. The zero-order valence-corrected chi connectivity index (χ0v) is 12.6. The Labute approximate surface area is 120 Å². The Balaban J connectivity index is 1.90. The topological polar surface area (TPSA) is 35.2 Å². The largest absolute Gasteiger partial charge is 0.486 e. The lowest BCUT2D eigenvalue weighted by molar-refractivity contribution is 0.0307. The Morgan fingerprint density at radius 3 is 2.58 bits per heavy atom. The SMILES string of the molecule is CC1(C)C2CCC1(C)C(Oc1c(N)cccc1Cl)C2. The molecule has 1 aromatic rings.